The second-order valence-corrected chi connectivity index (χ2v) is 5.37. The van der Waals surface area contributed by atoms with Gasteiger partial charge in [-0.1, -0.05) is 0 Å². The van der Waals surface area contributed by atoms with Gasteiger partial charge in [0.1, 0.15) is 5.69 Å². The van der Waals surface area contributed by atoms with Crippen molar-refractivity contribution >= 4 is 5.78 Å². The molecule has 0 amide bonds. The zero-order valence-electron chi connectivity index (χ0n) is 12.5. The highest BCUT2D eigenvalue weighted by atomic mass is 16.5. The van der Waals surface area contributed by atoms with E-state index < -0.39 is 0 Å². The summed E-state index contributed by atoms with van der Waals surface area (Å²) in [6, 6.07) is 0. The second kappa shape index (κ2) is 6.85. The van der Waals surface area contributed by atoms with Gasteiger partial charge in [0.25, 0.3) is 0 Å². The molecule has 6 nitrogen and oxygen atoms in total. The number of ether oxygens (including phenoxy) is 2. The Hall–Kier alpha value is -1.40. The van der Waals surface area contributed by atoms with Crippen LogP contribution >= 0.6 is 0 Å². The van der Waals surface area contributed by atoms with Crippen molar-refractivity contribution in [2.75, 3.05) is 41.0 Å². The van der Waals surface area contributed by atoms with Crippen LogP contribution < -0.4 is 4.74 Å². The summed E-state index contributed by atoms with van der Waals surface area (Å²) in [6.07, 6.45) is 3.43. The largest absolute Gasteiger partial charge is 0.493 e. The van der Waals surface area contributed by atoms with Crippen LogP contribution in [-0.2, 0) is 11.3 Å². The molecule has 1 atom stereocenters. The number of Topliss-reactive ketones (excluding diaryl/α,β-unsaturated/α-hetero) is 1. The molecule has 1 aliphatic rings. The quantitative estimate of drug-likeness (QED) is 0.730. The highest BCUT2D eigenvalue weighted by Crippen LogP contribution is 2.25. The highest BCUT2D eigenvalue weighted by Gasteiger charge is 2.28. The molecule has 112 valence electrons. The van der Waals surface area contributed by atoms with Gasteiger partial charge < -0.3 is 14.4 Å². The molecule has 0 radical (unpaired) electrons. The minimum absolute atomic E-state index is 0.0764. The van der Waals surface area contributed by atoms with Crippen molar-refractivity contribution in [1.82, 2.24) is 14.7 Å². The normalized spacial score (nSPS) is 19.3. The highest BCUT2D eigenvalue weighted by molar-refractivity contribution is 5.98. The van der Waals surface area contributed by atoms with Crippen LogP contribution in [0.15, 0.2) is 6.20 Å². The average Bonchev–Trinajstić information content (AvgIpc) is 2.88. The van der Waals surface area contributed by atoms with E-state index in [1.807, 2.05) is 14.1 Å². The van der Waals surface area contributed by atoms with Gasteiger partial charge in [-0.05, 0) is 26.9 Å². The van der Waals surface area contributed by atoms with Crippen LogP contribution in [0.5, 0.6) is 5.75 Å². The van der Waals surface area contributed by atoms with Crippen molar-refractivity contribution < 1.29 is 14.3 Å². The molecule has 0 saturated carbocycles. The summed E-state index contributed by atoms with van der Waals surface area (Å²) in [4.78, 5) is 14.7. The molecule has 1 unspecified atom stereocenters. The van der Waals surface area contributed by atoms with Gasteiger partial charge in [-0.2, -0.15) is 5.10 Å². The SMILES string of the molecule is COc1cnn(CCN(C)C)c1C(=O)C1CCCOC1. The molecule has 1 aliphatic heterocycles. The zero-order valence-corrected chi connectivity index (χ0v) is 12.5. The van der Waals surface area contributed by atoms with Crippen molar-refractivity contribution in [3.8, 4) is 5.75 Å². The van der Waals surface area contributed by atoms with Gasteiger partial charge in [-0.3, -0.25) is 9.48 Å². The van der Waals surface area contributed by atoms with E-state index in [1.54, 1.807) is 18.0 Å². The molecule has 1 aromatic heterocycles. The van der Waals surface area contributed by atoms with E-state index in [4.69, 9.17) is 9.47 Å². The molecule has 0 aliphatic carbocycles. The summed E-state index contributed by atoms with van der Waals surface area (Å²) in [5, 5.41) is 4.28. The monoisotopic (exact) mass is 281 g/mol. The molecular weight excluding hydrogens is 258 g/mol. The summed E-state index contributed by atoms with van der Waals surface area (Å²) < 4.78 is 12.4. The Balaban J connectivity index is 2.18. The van der Waals surface area contributed by atoms with Crippen LogP contribution in [0.1, 0.15) is 23.3 Å². The van der Waals surface area contributed by atoms with Crippen molar-refractivity contribution in [3.63, 3.8) is 0 Å². The lowest BCUT2D eigenvalue weighted by molar-refractivity contribution is 0.0452. The van der Waals surface area contributed by atoms with Gasteiger partial charge >= 0.3 is 0 Å². The third kappa shape index (κ3) is 3.37. The number of hydrogen-bond donors (Lipinski definition) is 0. The number of methoxy groups -OCH3 is 1. The lowest BCUT2D eigenvalue weighted by Gasteiger charge is -2.21. The first kappa shape index (κ1) is 15.0. The van der Waals surface area contributed by atoms with Gasteiger partial charge in [0.2, 0.25) is 0 Å². The topological polar surface area (TPSA) is 56.6 Å². The fourth-order valence-corrected chi connectivity index (χ4v) is 2.37. The van der Waals surface area contributed by atoms with Crippen LogP contribution in [0.2, 0.25) is 0 Å². The molecule has 0 spiro atoms. The van der Waals surface area contributed by atoms with Crippen molar-refractivity contribution in [3.05, 3.63) is 11.9 Å². The second-order valence-electron chi connectivity index (χ2n) is 5.37. The van der Waals surface area contributed by atoms with Crippen molar-refractivity contribution in [2.24, 2.45) is 5.92 Å². The van der Waals surface area contributed by atoms with Gasteiger partial charge in [0, 0.05) is 19.1 Å². The molecule has 0 N–H and O–H groups in total. The van der Waals surface area contributed by atoms with E-state index in [9.17, 15) is 4.79 Å². The van der Waals surface area contributed by atoms with Crippen molar-refractivity contribution in [2.45, 2.75) is 19.4 Å². The first-order valence-electron chi connectivity index (χ1n) is 7.00. The lowest BCUT2D eigenvalue weighted by Crippen LogP contribution is -2.29. The zero-order chi connectivity index (χ0) is 14.5. The fourth-order valence-electron chi connectivity index (χ4n) is 2.37. The molecule has 1 aromatic rings. The van der Waals surface area contributed by atoms with Gasteiger partial charge in [-0.15, -0.1) is 0 Å². The van der Waals surface area contributed by atoms with Crippen LogP contribution in [0.25, 0.3) is 0 Å². The van der Waals surface area contributed by atoms with Gasteiger partial charge in [-0.25, -0.2) is 0 Å². The maximum Gasteiger partial charge on any atom is 0.190 e. The Labute approximate surface area is 119 Å². The molecule has 1 saturated heterocycles. The van der Waals surface area contributed by atoms with Crippen LogP contribution in [0.3, 0.4) is 0 Å². The maximum atomic E-state index is 12.7. The Bertz CT molecular complexity index is 451. The Morgan fingerprint density at radius 2 is 2.40 bits per heavy atom. The smallest absolute Gasteiger partial charge is 0.190 e. The molecule has 0 bridgehead atoms. The Kier molecular flexibility index (Phi) is 5.14. The van der Waals surface area contributed by atoms with Crippen LogP contribution in [-0.4, -0.2) is 61.4 Å². The van der Waals surface area contributed by atoms with E-state index >= 15 is 0 Å². The van der Waals surface area contributed by atoms with Crippen LogP contribution in [0, 0.1) is 5.92 Å². The average molecular weight is 281 g/mol. The predicted molar refractivity (Wildman–Crippen MR) is 75.2 cm³/mol. The Morgan fingerprint density at radius 3 is 3.00 bits per heavy atom. The van der Waals surface area contributed by atoms with E-state index in [-0.39, 0.29) is 11.7 Å². The summed E-state index contributed by atoms with van der Waals surface area (Å²) in [7, 11) is 5.57. The number of hydrogen-bond acceptors (Lipinski definition) is 5. The summed E-state index contributed by atoms with van der Waals surface area (Å²) in [6.45, 7) is 2.75. The number of carbonyl (C=O) groups excluding carboxylic acids is 1. The van der Waals surface area contributed by atoms with Crippen molar-refractivity contribution in [1.29, 1.82) is 0 Å². The minimum Gasteiger partial charge on any atom is -0.493 e. The lowest BCUT2D eigenvalue weighted by atomic mass is 9.95. The maximum absolute atomic E-state index is 12.7. The first-order chi connectivity index (χ1) is 9.63. The summed E-state index contributed by atoms with van der Waals surface area (Å²) in [5.41, 5.74) is 0.574. The molecule has 2 rings (SSSR count). The summed E-state index contributed by atoms with van der Waals surface area (Å²) >= 11 is 0. The molecule has 0 aromatic carbocycles. The van der Waals surface area contributed by atoms with Gasteiger partial charge in [0.05, 0.1) is 26.5 Å². The number of aromatic nitrogens is 2. The van der Waals surface area contributed by atoms with Gasteiger partial charge in [0.15, 0.2) is 11.5 Å². The molecule has 6 heteroatoms. The third-order valence-electron chi connectivity index (χ3n) is 3.55. The van der Waals surface area contributed by atoms with E-state index in [0.717, 1.165) is 26.0 Å². The number of carbonyl (C=O) groups is 1. The molecular formula is C14H23N3O3. The van der Waals surface area contributed by atoms with E-state index in [0.29, 0.717) is 24.6 Å². The standard InChI is InChI=1S/C14H23N3O3/c1-16(2)6-7-17-13(12(19-3)9-15-17)14(18)11-5-4-8-20-10-11/h9,11H,4-8,10H2,1-3H3. The Morgan fingerprint density at radius 1 is 1.60 bits per heavy atom. The molecule has 20 heavy (non-hydrogen) atoms. The fraction of sp³-hybridized carbons (Fsp3) is 0.714. The minimum atomic E-state index is -0.0764. The number of ketones is 1. The number of rotatable bonds is 6. The van der Waals surface area contributed by atoms with Crippen LogP contribution in [0.4, 0.5) is 0 Å². The predicted octanol–water partition coefficient (Wildman–Crippen LogP) is 1.06. The third-order valence-corrected chi connectivity index (χ3v) is 3.55. The number of likely N-dealkylation sites (N-methyl/N-ethyl adjacent to an activating group) is 1. The molecule has 1 fully saturated rings. The van der Waals surface area contributed by atoms with E-state index in [1.165, 1.54) is 0 Å². The summed E-state index contributed by atoms with van der Waals surface area (Å²) in [5.74, 6) is 0.560. The number of nitrogens with zero attached hydrogens (tertiary/aromatic N) is 3. The van der Waals surface area contributed by atoms with E-state index in [2.05, 4.69) is 10.00 Å². The first-order valence-corrected chi connectivity index (χ1v) is 7.00. The molecule has 2 heterocycles.